The number of hydrogen-bond acceptors (Lipinski definition) is 10. The molecule has 244 valence electrons. The van der Waals surface area contributed by atoms with Crippen molar-refractivity contribution in [3.63, 3.8) is 0 Å². The van der Waals surface area contributed by atoms with Gasteiger partial charge in [0, 0.05) is 5.70 Å². The van der Waals surface area contributed by atoms with Gasteiger partial charge in [-0.25, -0.2) is 15.0 Å². The lowest BCUT2D eigenvalue weighted by atomic mass is 9.95. The number of esters is 1. The first-order chi connectivity index (χ1) is 22.8. The summed E-state index contributed by atoms with van der Waals surface area (Å²) in [6.07, 6.45) is 1.46. The molecule has 1 heterocycles. The molecule has 4 rings (SSSR count). The molecule has 3 amide bonds. The lowest BCUT2D eigenvalue weighted by Crippen LogP contribution is -2.45. The molecule has 1 aliphatic heterocycles. The van der Waals surface area contributed by atoms with Crippen molar-refractivity contribution < 1.29 is 38.1 Å². The van der Waals surface area contributed by atoms with Crippen LogP contribution in [-0.2, 0) is 20.9 Å². The van der Waals surface area contributed by atoms with Crippen LogP contribution < -0.4 is 35.0 Å². The summed E-state index contributed by atoms with van der Waals surface area (Å²) in [5.74, 6) is 0.533. The topological polar surface area (TPSA) is 170 Å². The molecule has 1 atom stereocenters. The molecule has 13 heteroatoms. The number of nitriles is 1. The monoisotopic (exact) mass is 641 g/mol. The highest BCUT2D eigenvalue weighted by Crippen LogP contribution is 2.34. The third-order valence-corrected chi connectivity index (χ3v) is 6.79. The molecule has 0 saturated carbocycles. The summed E-state index contributed by atoms with van der Waals surface area (Å²) in [5, 5.41) is 18.3. The highest BCUT2D eigenvalue weighted by Gasteiger charge is 2.32. The van der Waals surface area contributed by atoms with E-state index in [0.29, 0.717) is 47.1 Å². The average Bonchev–Trinajstić information content (AvgIpc) is 3.07. The number of rotatable bonds is 14. The molecule has 47 heavy (non-hydrogen) atoms. The van der Waals surface area contributed by atoms with Gasteiger partial charge < -0.3 is 34.3 Å². The molecule has 0 aliphatic carbocycles. The first-order valence-electron chi connectivity index (χ1n) is 14.7. The zero-order chi connectivity index (χ0) is 33.8. The molecule has 13 nitrogen and oxygen atoms in total. The summed E-state index contributed by atoms with van der Waals surface area (Å²) >= 11 is 0. The van der Waals surface area contributed by atoms with E-state index in [1.54, 1.807) is 62.4 Å². The highest BCUT2D eigenvalue weighted by molar-refractivity contribution is 5.95. The fraction of sp³-hybridized carbons (Fsp3) is 0.265. The quantitative estimate of drug-likeness (QED) is 0.132. The van der Waals surface area contributed by atoms with Gasteiger partial charge in [-0.3, -0.25) is 4.79 Å². The summed E-state index contributed by atoms with van der Waals surface area (Å²) in [5.41, 5.74) is 5.76. The lowest BCUT2D eigenvalue weighted by Gasteiger charge is -2.28. The molecule has 3 N–H and O–H groups in total. The van der Waals surface area contributed by atoms with Gasteiger partial charge in [-0.2, -0.15) is 10.4 Å². The molecule has 0 unspecified atom stereocenters. The molecule has 3 aromatic carbocycles. The van der Waals surface area contributed by atoms with E-state index in [2.05, 4.69) is 27.2 Å². The number of urea groups is 1. The van der Waals surface area contributed by atoms with Crippen LogP contribution in [0.2, 0.25) is 0 Å². The Morgan fingerprint density at radius 3 is 2.40 bits per heavy atom. The Kier molecular flexibility index (Phi) is 11.8. The van der Waals surface area contributed by atoms with E-state index in [1.807, 2.05) is 19.1 Å². The first kappa shape index (κ1) is 33.9. The van der Waals surface area contributed by atoms with Crippen molar-refractivity contribution in [3.8, 4) is 29.1 Å². The van der Waals surface area contributed by atoms with Crippen LogP contribution in [0, 0.1) is 11.3 Å². The van der Waals surface area contributed by atoms with Crippen molar-refractivity contribution in [1.82, 2.24) is 16.1 Å². The lowest BCUT2D eigenvalue weighted by molar-refractivity contribution is -0.139. The van der Waals surface area contributed by atoms with Crippen molar-refractivity contribution in [2.45, 2.75) is 33.4 Å². The van der Waals surface area contributed by atoms with Crippen LogP contribution in [0.5, 0.6) is 23.0 Å². The van der Waals surface area contributed by atoms with Gasteiger partial charge in [0.2, 0.25) is 0 Å². The minimum absolute atomic E-state index is 0.177. The van der Waals surface area contributed by atoms with E-state index in [4.69, 9.17) is 28.9 Å². The zero-order valence-corrected chi connectivity index (χ0v) is 26.4. The van der Waals surface area contributed by atoms with Crippen LogP contribution in [0.3, 0.4) is 0 Å². The number of benzene rings is 3. The van der Waals surface area contributed by atoms with Gasteiger partial charge in [-0.05, 0) is 79.9 Å². The summed E-state index contributed by atoms with van der Waals surface area (Å²) in [6.45, 7) is 5.70. The Labute approximate surface area is 272 Å². The number of methoxy groups -OCH3 is 1. The number of hydrogen-bond donors (Lipinski definition) is 3. The van der Waals surface area contributed by atoms with E-state index in [1.165, 1.54) is 13.3 Å². The Morgan fingerprint density at radius 2 is 1.70 bits per heavy atom. The molecule has 0 saturated heterocycles. The fourth-order valence-corrected chi connectivity index (χ4v) is 4.59. The third-order valence-electron chi connectivity index (χ3n) is 6.79. The second-order valence-corrected chi connectivity index (χ2v) is 10.0. The van der Waals surface area contributed by atoms with Crippen LogP contribution in [0.25, 0.3) is 0 Å². The Hall–Kier alpha value is -6.03. The second-order valence-electron chi connectivity index (χ2n) is 10.0. The first-order valence-corrected chi connectivity index (χ1v) is 14.7. The van der Waals surface area contributed by atoms with Crippen LogP contribution in [0.15, 0.2) is 77.0 Å². The third kappa shape index (κ3) is 9.01. The van der Waals surface area contributed by atoms with Gasteiger partial charge in [0.25, 0.3) is 5.91 Å². The maximum atomic E-state index is 12.6. The van der Waals surface area contributed by atoms with Crippen LogP contribution >= 0.6 is 0 Å². The van der Waals surface area contributed by atoms with Crippen molar-refractivity contribution >= 4 is 24.1 Å². The highest BCUT2D eigenvalue weighted by atomic mass is 16.5. The second kappa shape index (κ2) is 16.3. The fourth-order valence-electron chi connectivity index (χ4n) is 4.59. The summed E-state index contributed by atoms with van der Waals surface area (Å²) < 4.78 is 28.0. The number of nitrogens with zero attached hydrogens (tertiary/aromatic N) is 2. The molecule has 3 aromatic rings. The molecule has 0 aromatic heterocycles. The normalized spacial score (nSPS) is 14.0. The summed E-state index contributed by atoms with van der Waals surface area (Å²) in [7, 11) is 1.44. The van der Waals surface area contributed by atoms with E-state index in [-0.39, 0.29) is 30.3 Å². The van der Waals surface area contributed by atoms with Crippen molar-refractivity contribution in [3.05, 3.63) is 94.2 Å². The molecule has 0 spiro atoms. The Morgan fingerprint density at radius 1 is 0.957 bits per heavy atom. The van der Waals surface area contributed by atoms with E-state index in [0.717, 1.165) is 5.56 Å². The number of hydrazone groups is 1. The van der Waals surface area contributed by atoms with Gasteiger partial charge >= 0.3 is 12.0 Å². The SMILES string of the molecule is CCOC(=O)C1=C(C)NC(=O)N[C@@H]1c1ccc(OCC(=O)N/N=C/c2ccc(OCc3ccc(C#N)cc3)c(OCC)c2)c(OC)c1. The minimum Gasteiger partial charge on any atom is -0.493 e. The van der Waals surface area contributed by atoms with Crippen molar-refractivity contribution in [2.75, 3.05) is 26.9 Å². The van der Waals surface area contributed by atoms with Crippen LogP contribution in [-0.4, -0.2) is 51.1 Å². The Balaban J connectivity index is 1.36. The zero-order valence-electron chi connectivity index (χ0n) is 26.4. The van der Waals surface area contributed by atoms with Gasteiger partial charge in [0.1, 0.15) is 6.61 Å². The average molecular weight is 642 g/mol. The van der Waals surface area contributed by atoms with Crippen molar-refractivity contribution in [2.24, 2.45) is 5.10 Å². The maximum absolute atomic E-state index is 12.6. The van der Waals surface area contributed by atoms with Crippen LogP contribution in [0.4, 0.5) is 4.79 Å². The van der Waals surface area contributed by atoms with E-state index in [9.17, 15) is 14.4 Å². The molecular formula is C34H35N5O8. The maximum Gasteiger partial charge on any atom is 0.338 e. The molecule has 1 aliphatic rings. The number of carbonyl (C=O) groups excluding carboxylic acids is 3. The minimum atomic E-state index is -0.783. The smallest absolute Gasteiger partial charge is 0.338 e. The molecule has 0 radical (unpaired) electrons. The number of carbonyl (C=O) groups is 3. The summed E-state index contributed by atoms with van der Waals surface area (Å²) in [6, 6.07) is 18.1. The predicted molar refractivity (Wildman–Crippen MR) is 171 cm³/mol. The van der Waals surface area contributed by atoms with Crippen molar-refractivity contribution in [1.29, 1.82) is 5.26 Å². The number of nitrogens with one attached hydrogen (secondary N) is 3. The molecule has 0 fully saturated rings. The predicted octanol–water partition coefficient (Wildman–Crippen LogP) is 4.26. The largest absolute Gasteiger partial charge is 0.493 e. The molecular weight excluding hydrogens is 606 g/mol. The van der Waals surface area contributed by atoms with Gasteiger partial charge in [-0.15, -0.1) is 0 Å². The van der Waals surface area contributed by atoms with E-state index >= 15 is 0 Å². The van der Waals surface area contributed by atoms with Gasteiger partial charge in [-0.1, -0.05) is 18.2 Å². The number of ether oxygens (including phenoxy) is 5. The van der Waals surface area contributed by atoms with E-state index < -0.39 is 23.9 Å². The Bertz CT molecular complexity index is 1710. The standard InChI is InChI=1S/C34H35N5O8/c1-5-44-29-15-24(11-13-27(29)46-19-23-9-7-22(17-35)8-10-23)18-36-39-30(40)20-47-26-14-12-25(16-28(26)43-4)32-31(33(41)45-6-2)21(3)37-34(42)38-32/h7-16,18,32H,5-6,19-20H2,1-4H3,(H,39,40)(H2,37,38,42)/b36-18+/t32-/m1/s1. The molecule has 0 bridgehead atoms. The number of allylic oxidation sites excluding steroid dienone is 1. The number of amides is 3. The van der Waals surface area contributed by atoms with Gasteiger partial charge in [0.15, 0.2) is 29.6 Å². The van der Waals surface area contributed by atoms with Crippen LogP contribution in [0.1, 0.15) is 49.1 Å². The summed E-state index contributed by atoms with van der Waals surface area (Å²) in [4.78, 5) is 37.3. The van der Waals surface area contributed by atoms with Gasteiger partial charge in [0.05, 0.1) is 49.8 Å².